The lowest BCUT2D eigenvalue weighted by atomic mass is 10.1. The third-order valence-electron chi connectivity index (χ3n) is 3.42. The summed E-state index contributed by atoms with van der Waals surface area (Å²) < 4.78 is 0. The number of benzene rings is 2. The summed E-state index contributed by atoms with van der Waals surface area (Å²) in [6.07, 6.45) is 2.03. The second-order valence-corrected chi connectivity index (χ2v) is 5.61. The van der Waals surface area contributed by atoms with Crippen LogP contribution in [0.15, 0.2) is 54.6 Å². The van der Waals surface area contributed by atoms with Gasteiger partial charge in [-0.25, -0.2) is 4.79 Å². The van der Waals surface area contributed by atoms with Gasteiger partial charge in [-0.2, -0.15) is 0 Å². The lowest BCUT2D eigenvalue weighted by molar-refractivity contribution is 0.0697. The number of hydrogen-bond acceptors (Lipinski definition) is 2. The van der Waals surface area contributed by atoms with Gasteiger partial charge in [0, 0.05) is 13.1 Å². The highest BCUT2D eigenvalue weighted by Crippen LogP contribution is 2.04. The second kappa shape index (κ2) is 8.90. The minimum absolute atomic E-state index is 0.287. The fourth-order valence-corrected chi connectivity index (χ4v) is 2.32. The Morgan fingerprint density at radius 1 is 0.957 bits per heavy atom. The van der Waals surface area contributed by atoms with Gasteiger partial charge in [0.15, 0.2) is 5.11 Å². The molecular formula is C18H20N2O2S. The first-order valence-corrected chi connectivity index (χ1v) is 7.94. The van der Waals surface area contributed by atoms with Crippen molar-refractivity contribution in [2.75, 3.05) is 6.54 Å². The number of nitrogens with one attached hydrogen (secondary N) is 2. The van der Waals surface area contributed by atoms with E-state index in [1.807, 2.05) is 18.2 Å². The number of thiocarbonyl (C=S) groups is 1. The van der Waals surface area contributed by atoms with Crippen LogP contribution in [0.1, 0.15) is 27.9 Å². The van der Waals surface area contributed by atoms with E-state index in [9.17, 15) is 4.79 Å². The van der Waals surface area contributed by atoms with Crippen molar-refractivity contribution < 1.29 is 9.90 Å². The standard InChI is InChI=1S/C18H20N2O2S/c21-17(22)16-10-8-15(9-11-16)13-20-18(23)19-12-4-7-14-5-2-1-3-6-14/h1-3,5-6,8-11H,4,7,12-13H2,(H,21,22)(H2,19,20,23). The molecule has 2 aromatic rings. The number of aromatic carboxylic acids is 1. The molecule has 120 valence electrons. The molecular weight excluding hydrogens is 308 g/mol. The van der Waals surface area contributed by atoms with E-state index in [1.54, 1.807) is 24.3 Å². The summed E-state index contributed by atoms with van der Waals surface area (Å²) in [5, 5.41) is 15.8. The van der Waals surface area contributed by atoms with Crippen LogP contribution in [0.5, 0.6) is 0 Å². The maximum Gasteiger partial charge on any atom is 0.335 e. The maximum absolute atomic E-state index is 10.8. The highest BCUT2D eigenvalue weighted by atomic mass is 32.1. The van der Waals surface area contributed by atoms with Crippen LogP contribution >= 0.6 is 12.2 Å². The van der Waals surface area contributed by atoms with Gasteiger partial charge < -0.3 is 15.7 Å². The molecule has 2 aromatic carbocycles. The Morgan fingerprint density at radius 2 is 1.65 bits per heavy atom. The van der Waals surface area contributed by atoms with E-state index in [2.05, 4.69) is 22.8 Å². The molecule has 4 nitrogen and oxygen atoms in total. The van der Waals surface area contributed by atoms with Crippen molar-refractivity contribution in [1.29, 1.82) is 0 Å². The zero-order chi connectivity index (χ0) is 16.5. The molecule has 0 amide bonds. The fourth-order valence-electron chi connectivity index (χ4n) is 2.15. The molecule has 3 N–H and O–H groups in total. The minimum atomic E-state index is -0.917. The smallest absolute Gasteiger partial charge is 0.335 e. The Morgan fingerprint density at radius 3 is 2.30 bits per heavy atom. The highest BCUT2D eigenvalue weighted by Gasteiger charge is 2.02. The van der Waals surface area contributed by atoms with Crippen LogP contribution in [0, 0.1) is 0 Å². The fraction of sp³-hybridized carbons (Fsp3) is 0.222. The van der Waals surface area contributed by atoms with Gasteiger partial charge in [0.2, 0.25) is 0 Å². The van der Waals surface area contributed by atoms with Gasteiger partial charge in [-0.05, 0) is 48.3 Å². The van der Waals surface area contributed by atoms with E-state index in [4.69, 9.17) is 17.3 Å². The summed E-state index contributed by atoms with van der Waals surface area (Å²) in [6.45, 7) is 1.39. The molecule has 0 atom stereocenters. The van der Waals surface area contributed by atoms with Crippen LogP contribution in [-0.2, 0) is 13.0 Å². The molecule has 0 fully saturated rings. The van der Waals surface area contributed by atoms with Crippen molar-refractivity contribution in [2.24, 2.45) is 0 Å². The van der Waals surface area contributed by atoms with Crippen molar-refractivity contribution in [3.05, 3.63) is 71.3 Å². The Kier molecular flexibility index (Phi) is 6.56. The molecule has 0 bridgehead atoms. The van der Waals surface area contributed by atoms with Crippen molar-refractivity contribution in [2.45, 2.75) is 19.4 Å². The van der Waals surface area contributed by atoms with Gasteiger partial charge in [0.1, 0.15) is 0 Å². The monoisotopic (exact) mass is 328 g/mol. The molecule has 0 unspecified atom stereocenters. The quantitative estimate of drug-likeness (QED) is 0.539. The molecule has 0 heterocycles. The summed E-state index contributed by atoms with van der Waals surface area (Å²) in [7, 11) is 0. The number of carboxylic acids is 1. The Labute approximate surface area is 141 Å². The molecule has 0 spiro atoms. The number of aryl methyl sites for hydroxylation is 1. The molecule has 0 aliphatic rings. The number of carbonyl (C=O) groups is 1. The molecule has 0 saturated carbocycles. The molecule has 5 heteroatoms. The van der Waals surface area contributed by atoms with Crippen molar-refractivity contribution in [1.82, 2.24) is 10.6 Å². The average molecular weight is 328 g/mol. The molecule has 0 radical (unpaired) electrons. The van der Waals surface area contributed by atoms with Crippen molar-refractivity contribution >= 4 is 23.3 Å². The number of carboxylic acid groups (broad SMARTS) is 1. The van der Waals surface area contributed by atoms with Crippen molar-refractivity contribution in [3.8, 4) is 0 Å². The first-order valence-electron chi connectivity index (χ1n) is 7.53. The minimum Gasteiger partial charge on any atom is -0.478 e. The first kappa shape index (κ1) is 17.0. The van der Waals surface area contributed by atoms with E-state index < -0.39 is 5.97 Å². The first-order chi connectivity index (χ1) is 11.1. The largest absolute Gasteiger partial charge is 0.478 e. The van der Waals surface area contributed by atoms with Gasteiger partial charge >= 0.3 is 5.97 Å². The van der Waals surface area contributed by atoms with Crippen LogP contribution in [-0.4, -0.2) is 22.7 Å². The lowest BCUT2D eigenvalue weighted by Gasteiger charge is -2.10. The predicted octanol–water partition coefficient (Wildman–Crippen LogP) is 2.98. The Hall–Kier alpha value is -2.40. The maximum atomic E-state index is 10.8. The lowest BCUT2D eigenvalue weighted by Crippen LogP contribution is -2.35. The summed E-state index contributed by atoms with van der Waals surface area (Å²) >= 11 is 5.23. The molecule has 2 rings (SSSR count). The van der Waals surface area contributed by atoms with Crippen LogP contribution in [0.3, 0.4) is 0 Å². The Bertz CT molecular complexity index is 642. The summed E-state index contributed by atoms with van der Waals surface area (Å²) in [4.78, 5) is 10.8. The van der Waals surface area contributed by atoms with Gasteiger partial charge in [-0.1, -0.05) is 42.5 Å². The van der Waals surface area contributed by atoms with E-state index in [0.29, 0.717) is 11.7 Å². The van der Waals surface area contributed by atoms with Crippen LogP contribution in [0.25, 0.3) is 0 Å². The van der Waals surface area contributed by atoms with Crippen molar-refractivity contribution in [3.63, 3.8) is 0 Å². The third-order valence-corrected chi connectivity index (χ3v) is 3.71. The summed E-state index contributed by atoms with van der Waals surface area (Å²) in [5.41, 5.74) is 2.60. The van der Waals surface area contributed by atoms with Gasteiger partial charge in [0.25, 0.3) is 0 Å². The topological polar surface area (TPSA) is 61.4 Å². The normalized spacial score (nSPS) is 10.1. The highest BCUT2D eigenvalue weighted by molar-refractivity contribution is 7.80. The van der Waals surface area contributed by atoms with Gasteiger partial charge in [-0.15, -0.1) is 0 Å². The SMILES string of the molecule is O=C(O)c1ccc(CNC(=S)NCCCc2ccccc2)cc1. The zero-order valence-electron chi connectivity index (χ0n) is 12.8. The summed E-state index contributed by atoms with van der Waals surface area (Å²) in [6, 6.07) is 17.1. The van der Waals surface area contributed by atoms with E-state index in [-0.39, 0.29) is 5.56 Å². The number of rotatable bonds is 7. The van der Waals surface area contributed by atoms with E-state index in [0.717, 1.165) is 24.9 Å². The van der Waals surface area contributed by atoms with E-state index in [1.165, 1.54) is 5.56 Å². The van der Waals surface area contributed by atoms with Crippen LogP contribution in [0.4, 0.5) is 0 Å². The van der Waals surface area contributed by atoms with Gasteiger partial charge in [0.05, 0.1) is 5.56 Å². The second-order valence-electron chi connectivity index (χ2n) is 5.20. The molecule has 23 heavy (non-hydrogen) atoms. The zero-order valence-corrected chi connectivity index (χ0v) is 13.6. The third kappa shape index (κ3) is 6.08. The average Bonchev–Trinajstić information content (AvgIpc) is 2.58. The molecule has 0 saturated heterocycles. The number of hydrogen-bond donors (Lipinski definition) is 3. The summed E-state index contributed by atoms with van der Waals surface area (Å²) in [5.74, 6) is -0.917. The van der Waals surface area contributed by atoms with Crippen LogP contribution in [0.2, 0.25) is 0 Å². The molecule has 0 aromatic heterocycles. The van der Waals surface area contributed by atoms with Crippen LogP contribution < -0.4 is 10.6 Å². The van der Waals surface area contributed by atoms with Gasteiger partial charge in [-0.3, -0.25) is 0 Å². The molecule has 0 aliphatic heterocycles. The molecule has 0 aliphatic carbocycles. The predicted molar refractivity (Wildman–Crippen MR) is 95.6 cm³/mol. The van der Waals surface area contributed by atoms with E-state index >= 15 is 0 Å². The Balaban J connectivity index is 1.64.